The fourth-order valence-corrected chi connectivity index (χ4v) is 1.92. The predicted octanol–water partition coefficient (Wildman–Crippen LogP) is 0.890. The van der Waals surface area contributed by atoms with Crippen LogP contribution in [0.4, 0.5) is 0 Å². The Labute approximate surface area is 91.0 Å². The van der Waals surface area contributed by atoms with Crippen LogP contribution in [0.5, 0.6) is 0 Å². The van der Waals surface area contributed by atoms with Gasteiger partial charge in [-0.05, 0) is 13.0 Å². The van der Waals surface area contributed by atoms with Crippen LogP contribution in [-0.4, -0.2) is 19.2 Å². The smallest absolute Gasteiger partial charge is 0.262 e. The van der Waals surface area contributed by atoms with E-state index in [2.05, 4.69) is 10.1 Å². The van der Waals surface area contributed by atoms with Crippen LogP contribution in [0, 0.1) is 6.92 Å². The first-order valence-corrected chi connectivity index (χ1v) is 4.97. The minimum Gasteiger partial charge on any atom is -0.296 e. The molecule has 0 spiro atoms. The van der Waals surface area contributed by atoms with Gasteiger partial charge in [-0.25, -0.2) is 4.52 Å². The highest BCUT2D eigenvalue weighted by atomic mass is 16.1. The van der Waals surface area contributed by atoms with Gasteiger partial charge in [-0.1, -0.05) is 0 Å². The SMILES string of the molecule is Cc1cc2n(C)c(=O)c3cnccc3n2n1. The van der Waals surface area contributed by atoms with Crippen LogP contribution in [0.15, 0.2) is 29.3 Å². The molecule has 16 heavy (non-hydrogen) atoms. The molecule has 0 aliphatic heterocycles. The number of rotatable bonds is 0. The van der Waals surface area contributed by atoms with Crippen molar-refractivity contribution in [3.63, 3.8) is 0 Å². The number of pyridine rings is 1. The molecule has 0 bridgehead atoms. The van der Waals surface area contributed by atoms with E-state index in [0.29, 0.717) is 5.39 Å². The highest BCUT2D eigenvalue weighted by Crippen LogP contribution is 2.12. The van der Waals surface area contributed by atoms with Gasteiger partial charge < -0.3 is 0 Å². The Morgan fingerprint density at radius 3 is 3.00 bits per heavy atom. The molecule has 3 rings (SSSR count). The summed E-state index contributed by atoms with van der Waals surface area (Å²) in [6.07, 6.45) is 3.24. The first-order chi connectivity index (χ1) is 7.68. The second-order valence-electron chi connectivity index (χ2n) is 3.81. The highest BCUT2D eigenvalue weighted by molar-refractivity contribution is 5.79. The molecule has 0 radical (unpaired) electrons. The monoisotopic (exact) mass is 214 g/mol. The lowest BCUT2D eigenvalue weighted by molar-refractivity contribution is 0.844. The summed E-state index contributed by atoms with van der Waals surface area (Å²) in [4.78, 5) is 16.0. The molecule has 0 atom stereocenters. The number of nitrogens with zero attached hydrogens (tertiary/aromatic N) is 4. The summed E-state index contributed by atoms with van der Waals surface area (Å²) in [6, 6.07) is 3.69. The van der Waals surface area contributed by atoms with Crippen LogP contribution in [0.3, 0.4) is 0 Å². The quantitative estimate of drug-likeness (QED) is 0.558. The molecule has 0 unspecified atom stereocenters. The molecule has 0 amide bonds. The van der Waals surface area contributed by atoms with Gasteiger partial charge in [-0.15, -0.1) is 0 Å². The first kappa shape index (κ1) is 9.08. The average Bonchev–Trinajstić information content (AvgIpc) is 2.68. The van der Waals surface area contributed by atoms with Crippen molar-refractivity contribution in [3.05, 3.63) is 40.6 Å². The van der Waals surface area contributed by atoms with Crippen molar-refractivity contribution in [3.8, 4) is 0 Å². The summed E-state index contributed by atoms with van der Waals surface area (Å²) in [7, 11) is 1.74. The number of aromatic nitrogens is 4. The fraction of sp³-hybridized carbons (Fsp3) is 0.182. The standard InChI is InChI=1S/C11H10N4O/c1-7-5-10-14(2)11(16)8-6-12-4-3-9(8)15(10)13-7/h3-6H,1-2H3. The largest absolute Gasteiger partial charge is 0.296 e. The molecule has 0 fully saturated rings. The van der Waals surface area contributed by atoms with Gasteiger partial charge in [-0.3, -0.25) is 14.3 Å². The maximum Gasteiger partial charge on any atom is 0.262 e. The molecule has 0 saturated heterocycles. The minimum absolute atomic E-state index is 0.0458. The number of fused-ring (bicyclic) bond motifs is 3. The molecule has 0 aliphatic rings. The molecule has 5 heteroatoms. The maximum absolute atomic E-state index is 12.0. The van der Waals surface area contributed by atoms with Gasteiger partial charge in [0.1, 0.15) is 5.65 Å². The van der Waals surface area contributed by atoms with Crippen molar-refractivity contribution >= 4 is 16.6 Å². The molecule has 80 valence electrons. The van der Waals surface area contributed by atoms with Crippen molar-refractivity contribution in [1.82, 2.24) is 19.2 Å². The zero-order valence-electron chi connectivity index (χ0n) is 9.01. The van der Waals surface area contributed by atoms with Crippen molar-refractivity contribution in [1.29, 1.82) is 0 Å². The van der Waals surface area contributed by atoms with Crippen LogP contribution in [0.25, 0.3) is 16.6 Å². The Hall–Kier alpha value is -2.17. The van der Waals surface area contributed by atoms with E-state index in [1.165, 1.54) is 0 Å². The average molecular weight is 214 g/mol. The third-order valence-electron chi connectivity index (χ3n) is 2.72. The van der Waals surface area contributed by atoms with Gasteiger partial charge in [-0.2, -0.15) is 5.10 Å². The summed E-state index contributed by atoms with van der Waals surface area (Å²) in [5.41, 5.74) is 2.43. The maximum atomic E-state index is 12.0. The Kier molecular flexibility index (Phi) is 1.65. The van der Waals surface area contributed by atoms with Crippen LogP contribution in [0.2, 0.25) is 0 Å². The van der Waals surface area contributed by atoms with E-state index in [4.69, 9.17) is 0 Å². The summed E-state index contributed by atoms with van der Waals surface area (Å²) < 4.78 is 3.36. The minimum atomic E-state index is -0.0458. The van der Waals surface area contributed by atoms with Crippen LogP contribution in [0.1, 0.15) is 5.69 Å². The number of hydrogen-bond donors (Lipinski definition) is 0. The molecule has 0 saturated carbocycles. The van der Waals surface area contributed by atoms with Crippen LogP contribution in [-0.2, 0) is 7.05 Å². The second-order valence-corrected chi connectivity index (χ2v) is 3.81. The summed E-state index contributed by atoms with van der Waals surface area (Å²) in [5, 5.41) is 4.96. The van der Waals surface area contributed by atoms with Gasteiger partial charge in [0.2, 0.25) is 0 Å². The summed E-state index contributed by atoms with van der Waals surface area (Å²) in [5.74, 6) is 0. The van der Waals surface area contributed by atoms with Gasteiger partial charge in [0, 0.05) is 25.5 Å². The van der Waals surface area contributed by atoms with E-state index in [1.54, 1.807) is 34.6 Å². The third kappa shape index (κ3) is 1.02. The van der Waals surface area contributed by atoms with E-state index in [0.717, 1.165) is 16.9 Å². The molecule has 3 heterocycles. The zero-order valence-corrected chi connectivity index (χ0v) is 9.01. The third-order valence-corrected chi connectivity index (χ3v) is 2.72. The molecule has 0 N–H and O–H groups in total. The van der Waals surface area contributed by atoms with E-state index < -0.39 is 0 Å². The molecule has 0 aromatic carbocycles. The fourth-order valence-electron chi connectivity index (χ4n) is 1.92. The molecule has 3 aromatic rings. The first-order valence-electron chi connectivity index (χ1n) is 4.97. The van der Waals surface area contributed by atoms with E-state index in [1.807, 2.05) is 13.0 Å². The topological polar surface area (TPSA) is 52.2 Å². The predicted molar refractivity (Wildman–Crippen MR) is 60.5 cm³/mol. The lowest BCUT2D eigenvalue weighted by Gasteiger charge is -2.04. The van der Waals surface area contributed by atoms with E-state index >= 15 is 0 Å². The molecule has 0 aliphatic carbocycles. The lowest BCUT2D eigenvalue weighted by Crippen LogP contribution is -2.19. The summed E-state index contributed by atoms with van der Waals surface area (Å²) >= 11 is 0. The van der Waals surface area contributed by atoms with Crippen molar-refractivity contribution in [2.45, 2.75) is 6.92 Å². The molecule has 5 nitrogen and oxygen atoms in total. The van der Waals surface area contributed by atoms with Crippen molar-refractivity contribution in [2.75, 3.05) is 0 Å². The van der Waals surface area contributed by atoms with Gasteiger partial charge in [0.15, 0.2) is 0 Å². The van der Waals surface area contributed by atoms with Gasteiger partial charge in [0.25, 0.3) is 5.56 Å². The molecular weight excluding hydrogens is 204 g/mol. The Morgan fingerprint density at radius 2 is 2.19 bits per heavy atom. The van der Waals surface area contributed by atoms with Crippen molar-refractivity contribution in [2.24, 2.45) is 7.05 Å². The summed E-state index contributed by atoms with van der Waals surface area (Å²) in [6.45, 7) is 1.91. The molecule has 3 aromatic heterocycles. The zero-order chi connectivity index (χ0) is 11.3. The number of hydrogen-bond acceptors (Lipinski definition) is 3. The number of aryl methyl sites for hydroxylation is 2. The van der Waals surface area contributed by atoms with E-state index in [9.17, 15) is 4.79 Å². The highest BCUT2D eigenvalue weighted by Gasteiger charge is 2.09. The lowest BCUT2D eigenvalue weighted by atomic mass is 10.3. The Balaban J connectivity index is 2.73. The van der Waals surface area contributed by atoms with E-state index in [-0.39, 0.29) is 5.56 Å². The molecular formula is C11H10N4O. The van der Waals surface area contributed by atoms with Crippen LogP contribution >= 0.6 is 0 Å². The van der Waals surface area contributed by atoms with Crippen molar-refractivity contribution < 1.29 is 0 Å². The van der Waals surface area contributed by atoms with Crippen LogP contribution < -0.4 is 5.56 Å². The Bertz CT molecular complexity index is 754. The second kappa shape index (κ2) is 2.91. The van der Waals surface area contributed by atoms with Gasteiger partial charge in [0.05, 0.1) is 16.6 Å². The van der Waals surface area contributed by atoms with Gasteiger partial charge >= 0.3 is 0 Å². The Morgan fingerprint density at radius 1 is 1.38 bits per heavy atom. The normalized spacial score (nSPS) is 11.4.